The highest BCUT2D eigenvalue weighted by molar-refractivity contribution is 7.07. The molecule has 4 nitrogen and oxygen atoms in total. The molecule has 1 aromatic carbocycles. The molecular weight excluding hydrogens is 284 g/mol. The van der Waals surface area contributed by atoms with Crippen molar-refractivity contribution < 1.29 is 9.90 Å². The zero-order valence-corrected chi connectivity index (χ0v) is 12.1. The minimum absolute atomic E-state index is 0.426. The van der Waals surface area contributed by atoms with Crippen LogP contribution in [0.3, 0.4) is 0 Å². The Bertz CT molecular complexity index is 675. The summed E-state index contributed by atoms with van der Waals surface area (Å²) in [5.74, 6) is -1.52. The Morgan fingerprint density at radius 3 is 2.79 bits per heavy atom. The van der Waals surface area contributed by atoms with Crippen LogP contribution in [-0.2, 0) is 11.8 Å². The Balaban J connectivity index is 2.40. The van der Waals surface area contributed by atoms with Gasteiger partial charge in [0, 0.05) is 23.6 Å². The van der Waals surface area contributed by atoms with Gasteiger partial charge in [-0.15, -0.1) is 11.3 Å². The highest BCUT2D eigenvalue weighted by Crippen LogP contribution is 2.28. The molecule has 2 rings (SSSR count). The minimum atomic E-state index is -0.892. The second kappa shape index (κ2) is 5.59. The standard InChI is InChI=1S/C13H13ClN2O2S/c1-8(12(17)18)10-4-3-9(7-11(10)14)15-13-16(2)5-6-19-13/h3-8H,1-2H3,(H,17,18). The molecule has 0 aliphatic rings. The van der Waals surface area contributed by atoms with Crippen molar-refractivity contribution in [2.75, 3.05) is 0 Å². The molecule has 0 aliphatic heterocycles. The third-order valence-electron chi connectivity index (χ3n) is 2.81. The number of thiazole rings is 1. The largest absolute Gasteiger partial charge is 0.481 e. The number of halogens is 1. The molecule has 0 saturated carbocycles. The molecule has 1 unspecified atom stereocenters. The van der Waals surface area contributed by atoms with Gasteiger partial charge in [-0.25, -0.2) is 4.99 Å². The lowest BCUT2D eigenvalue weighted by atomic mass is 10.0. The molecule has 6 heteroatoms. The normalized spacial score (nSPS) is 13.5. The van der Waals surface area contributed by atoms with Crippen LogP contribution in [0.5, 0.6) is 0 Å². The van der Waals surface area contributed by atoms with Crippen molar-refractivity contribution in [2.45, 2.75) is 12.8 Å². The van der Waals surface area contributed by atoms with Crippen LogP contribution in [0.4, 0.5) is 5.69 Å². The quantitative estimate of drug-likeness (QED) is 0.946. The van der Waals surface area contributed by atoms with E-state index in [-0.39, 0.29) is 0 Å². The summed E-state index contributed by atoms with van der Waals surface area (Å²) in [5, 5.41) is 11.4. The van der Waals surface area contributed by atoms with Crippen LogP contribution in [-0.4, -0.2) is 15.6 Å². The number of benzene rings is 1. The number of carbonyl (C=O) groups is 1. The molecule has 0 bridgehead atoms. The van der Waals surface area contributed by atoms with Crippen molar-refractivity contribution in [2.24, 2.45) is 12.0 Å². The number of hydrogen-bond acceptors (Lipinski definition) is 3. The average molecular weight is 297 g/mol. The lowest BCUT2D eigenvalue weighted by Crippen LogP contribution is -2.09. The molecular formula is C13H13ClN2O2S. The number of aryl methyl sites for hydroxylation is 1. The van der Waals surface area contributed by atoms with E-state index in [0.717, 1.165) is 4.80 Å². The molecule has 19 heavy (non-hydrogen) atoms. The van der Waals surface area contributed by atoms with E-state index >= 15 is 0 Å². The highest BCUT2D eigenvalue weighted by Gasteiger charge is 2.16. The van der Waals surface area contributed by atoms with Gasteiger partial charge in [0.05, 0.1) is 11.6 Å². The second-order valence-corrected chi connectivity index (χ2v) is 5.45. The molecule has 0 aliphatic carbocycles. The van der Waals surface area contributed by atoms with Gasteiger partial charge in [0.25, 0.3) is 0 Å². The van der Waals surface area contributed by atoms with Gasteiger partial charge in [-0.05, 0) is 24.6 Å². The Morgan fingerprint density at radius 2 is 2.26 bits per heavy atom. The van der Waals surface area contributed by atoms with E-state index in [9.17, 15) is 4.79 Å². The molecule has 0 amide bonds. The lowest BCUT2D eigenvalue weighted by Gasteiger charge is -2.09. The van der Waals surface area contributed by atoms with Crippen LogP contribution < -0.4 is 4.80 Å². The number of aromatic nitrogens is 1. The van der Waals surface area contributed by atoms with E-state index in [1.54, 1.807) is 25.1 Å². The predicted octanol–water partition coefficient (Wildman–Crippen LogP) is 3.16. The van der Waals surface area contributed by atoms with Crippen molar-refractivity contribution in [1.82, 2.24) is 4.57 Å². The minimum Gasteiger partial charge on any atom is -0.481 e. The van der Waals surface area contributed by atoms with Gasteiger partial charge in [-0.2, -0.15) is 0 Å². The van der Waals surface area contributed by atoms with Gasteiger partial charge >= 0.3 is 5.97 Å². The topological polar surface area (TPSA) is 54.6 Å². The number of rotatable bonds is 3. The van der Waals surface area contributed by atoms with Gasteiger partial charge in [0.1, 0.15) is 0 Å². The SMILES string of the molecule is CC(C(=O)O)c1ccc(N=c2sccn2C)cc1Cl. The van der Waals surface area contributed by atoms with Crippen LogP contribution in [0, 0.1) is 0 Å². The zero-order valence-electron chi connectivity index (χ0n) is 10.5. The Hall–Kier alpha value is -1.59. The fraction of sp³-hybridized carbons (Fsp3) is 0.231. The van der Waals surface area contributed by atoms with Crippen molar-refractivity contribution in [1.29, 1.82) is 0 Å². The summed E-state index contributed by atoms with van der Waals surface area (Å²) in [4.78, 5) is 16.3. The monoisotopic (exact) mass is 296 g/mol. The van der Waals surface area contributed by atoms with Crippen molar-refractivity contribution in [3.8, 4) is 0 Å². The van der Waals surface area contributed by atoms with E-state index in [1.165, 1.54) is 11.3 Å². The first kappa shape index (κ1) is 13.8. The average Bonchev–Trinajstić information content (AvgIpc) is 2.74. The highest BCUT2D eigenvalue weighted by atomic mass is 35.5. The number of hydrogen-bond donors (Lipinski definition) is 1. The van der Waals surface area contributed by atoms with Crippen molar-refractivity contribution in [3.63, 3.8) is 0 Å². The zero-order chi connectivity index (χ0) is 14.0. The number of nitrogens with zero attached hydrogens (tertiary/aromatic N) is 2. The molecule has 2 aromatic rings. The van der Waals surface area contributed by atoms with Crippen molar-refractivity contribution in [3.05, 3.63) is 45.2 Å². The summed E-state index contributed by atoms with van der Waals surface area (Å²) < 4.78 is 1.91. The molecule has 0 fully saturated rings. The molecule has 1 heterocycles. The first-order valence-electron chi connectivity index (χ1n) is 5.66. The smallest absolute Gasteiger partial charge is 0.310 e. The number of aliphatic carboxylic acids is 1. The van der Waals surface area contributed by atoms with Crippen LogP contribution in [0.15, 0.2) is 34.8 Å². The van der Waals surface area contributed by atoms with Crippen LogP contribution in [0.2, 0.25) is 5.02 Å². The molecule has 1 atom stereocenters. The summed E-state index contributed by atoms with van der Waals surface area (Å²) in [7, 11) is 1.91. The maximum Gasteiger partial charge on any atom is 0.310 e. The molecule has 0 radical (unpaired) electrons. The second-order valence-electron chi connectivity index (χ2n) is 4.17. The summed E-state index contributed by atoms with van der Waals surface area (Å²) in [6.07, 6.45) is 1.92. The Kier molecular flexibility index (Phi) is 4.07. The maximum atomic E-state index is 11.0. The fourth-order valence-corrected chi connectivity index (χ4v) is 2.70. The van der Waals surface area contributed by atoms with E-state index < -0.39 is 11.9 Å². The van der Waals surface area contributed by atoms with E-state index in [4.69, 9.17) is 16.7 Å². The Labute approximate surface area is 119 Å². The lowest BCUT2D eigenvalue weighted by molar-refractivity contribution is -0.138. The Morgan fingerprint density at radius 1 is 1.53 bits per heavy atom. The first-order valence-corrected chi connectivity index (χ1v) is 6.92. The van der Waals surface area contributed by atoms with Gasteiger partial charge in [0.2, 0.25) is 0 Å². The molecule has 100 valence electrons. The third-order valence-corrected chi connectivity index (χ3v) is 3.98. The van der Waals surface area contributed by atoms with Crippen LogP contribution in [0.1, 0.15) is 18.4 Å². The van der Waals surface area contributed by atoms with Crippen LogP contribution in [0.25, 0.3) is 0 Å². The fourth-order valence-electron chi connectivity index (χ4n) is 1.61. The number of carboxylic acids is 1. The number of carboxylic acid groups (broad SMARTS) is 1. The van der Waals surface area contributed by atoms with Crippen LogP contribution >= 0.6 is 22.9 Å². The van der Waals surface area contributed by atoms with E-state index in [1.807, 2.05) is 23.2 Å². The first-order chi connectivity index (χ1) is 8.99. The van der Waals surface area contributed by atoms with E-state index in [0.29, 0.717) is 16.3 Å². The molecule has 1 N–H and O–H groups in total. The molecule has 0 spiro atoms. The summed E-state index contributed by atoms with van der Waals surface area (Å²) in [6.45, 7) is 1.61. The van der Waals surface area contributed by atoms with Gasteiger partial charge in [0.15, 0.2) is 4.80 Å². The van der Waals surface area contributed by atoms with E-state index in [2.05, 4.69) is 4.99 Å². The van der Waals surface area contributed by atoms with Gasteiger partial charge in [-0.1, -0.05) is 17.7 Å². The van der Waals surface area contributed by atoms with Crippen molar-refractivity contribution >= 4 is 34.6 Å². The van der Waals surface area contributed by atoms with Gasteiger partial charge < -0.3 is 9.67 Å². The summed E-state index contributed by atoms with van der Waals surface area (Å²) in [6, 6.07) is 5.18. The van der Waals surface area contributed by atoms with Gasteiger partial charge in [-0.3, -0.25) is 4.79 Å². The predicted molar refractivity (Wildman–Crippen MR) is 76.0 cm³/mol. The molecule has 1 aromatic heterocycles. The maximum absolute atomic E-state index is 11.0. The third kappa shape index (κ3) is 3.05. The summed E-state index contributed by atoms with van der Waals surface area (Å²) >= 11 is 7.65. The molecule has 0 saturated heterocycles. The summed E-state index contributed by atoms with van der Waals surface area (Å²) in [5.41, 5.74) is 1.31.